The third-order valence-corrected chi connectivity index (χ3v) is 5.41. The second-order valence-electron chi connectivity index (χ2n) is 7.43. The van der Waals surface area contributed by atoms with Crippen LogP contribution in [0.2, 0.25) is 0 Å². The summed E-state index contributed by atoms with van der Waals surface area (Å²) in [6.45, 7) is 3.92. The molecule has 0 spiro atoms. The standard InChI is InChI=1S/C24H30N4O3S/c1-3-4-17-31-21-9-5-18(6-10-21)13-15-25-22(29)14-16-28-23(26-27-24(28)32)19-7-11-20(30-2)12-8-19/h5-12H,3-4,13-17H2,1-2H3,(H,25,29)(H,27,32). The Kier molecular flexibility index (Phi) is 8.86. The second-order valence-corrected chi connectivity index (χ2v) is 7.82. The minimum atomic E-state index is -0.0201. The lowest BCUT2D eigenvalue weighted by atomic mass is 10.1. The van der Waals surface area contributed by atoms with Gasteiger partial charge in [0, 0.05) is 25.1 Å². The molecular formula is C24H30N4O3S. The van der Waals surface area contributed by atoms with Crippen molar-refractivity contribution in [2.45, 2.75) is 39.2 Å². The first-order chi connectivity index (χ1) is 15.6. The number of hydrogen-bond donors (Lipinski definition) is 2. The van der Waals surface area contributed by atoms with Crippen LogP contribution in [-0.4, -0.2) is 40.9 Å². The molecule has 0 fully saturated rings. The van der Waals surface area contributed by atoms with E-state index in [2.05, 4.69) is 22.4 Å². The van der Waals surface area contributed by atoms with Crippen LogP contribution >= 0.6 is 12.2 Å². The monoisotopic (exact) mass is 454 g/mol. The van der Waals surface area contributed by atoms with Crippen LogP contribution in [0.15, 0.2) is 48.5 Å². The highest BCUT2D eigenvalue weighted by Gasteiger charge is 2.11. The minimum absolute atomic E-state index is 0.0201. The van der Waals surface area contributed by atoms with Crippen molar-refractivity contribution in [3.8, 4) is 22.9 Å². The molecule has 0 saturated heterocycles. The molecule has 1 heterocycles. The second kappa shape index (κ2) is 12.0. The van der Waals surface area contributed by atoms with E-state index in [1.807, 2.05) is 53.1 Å². The molecule has 0 aliphatic heterocycles. The van der Waals surface area contributed by atoms with Gasteiger partial charge in [0.05, 0.1) is 13.7 Å². The number of methoxy groups -OCH3 is 1. The molecule has 1 aromatic heterocycles. The number of ether oxygens (including phenoxy) is 2. The number of H-pyrrole nitrogens is 1. The molecule has 2 aromatic carbocycles. The summed E-state index contributed by atoms with van der Waals surface area (Å²) in [5.41, 5.74) is 2.06. The zero-order valence-corrected chi connectivity index (χ0v) is 19.4. The molecule has 2 N–H and O–H groups in total. The van der Waals surface area contributed by atoms with Crippen molar-refractivity contribution in [1.82, 2.24) is 20.1 Å². The number of hydrogen-bond acceptors (Lipinski definition) is 5. The SMILES string of the molecule is CCCCOc1ccc(CCNC(=O)CCn2c(-c3ccc(OC)cc3)n[nH]c2=S)cc1. The smallest absolute Gasteiger partial charge is 0.221 e. The summed E-state index contributed by atoms with van der Waals surface area (Å²) in [5.74, 6) is 2.34. The summed E-state index contributed by atoms with van der Waals surface area (Å²) >= 11 is 5.35. The number of nitrogens with zero attached hydrogens (tertiary/aromatic N) is 2. The van der Waals surface area contributed by atoms with Gasteiger partial charge in [-0.05, 0) is 67.0 Å². The fourth-order valence-corrected chi connectivity index (χ4v) is 3.44. The summed E-state index contributed by atoms with van der Waals surface area (Å²) in [7, 11) is 1.63. The van der Waals surface area contributed by atoms with Crippen molar-refractivity contribution in [3.63, 3.8) is 0 Å². The van der Waals surface area contributed by atoms with Gasteiger partial charge in [-0.15, -0.1) is 0 Å². The van der Waals surface area contributed by atoms with Crippen LogP contribution in [0.3, 0.4) is 0 Å². The Bertz CT molecular complexity index is 1040. The highest BCUT2D eigenvalue weighted by Crippen LogP contribution is 2.21. The van der Waals surface area contributed by atoms with E-state index in [-0.39, 0.29) is 5.91 Å². The van der Waals surface area contributed by atoms with E-state index in [0.29, 0.717) is 30.1 Å². The number of amides is 1. The molecule has 0 aliphatic carbocycles. The third kappa shape index (κ3) is 6.68. The Morgan fingerprint density at radius 1 is 1.12 bits per heavy atom. The average molecular weight is 455 g/mol. The van der Waals surface area contributed by atoms with Crippen molar-refractivity contribution in [2.24, 2.45) is 0 Å². The number of rotatable bonds is 12. The molecule has 0 saturated carbocycles. The molecule has 32 heavy (non-hydrogen) atoms. The van der Waals surface area contributed by atoms with Gasteiger partial charge in [-0.3, -0.25) is 14.5 Å². The van der Waals surface area contributed by atoms with Crippen LogP contribution in [0.1, 0.15) is 31.7 Å². The van der Waals surface area contributed by atoms with Crippen molar-refractivity contribution in [1.29, 1.82) is 0 Å². The number of nitrogens with one attached hydrogen (secondary N) is 2. The molecule has 0 bridgehead atoms. The Morgan fingerprint density at radius 2 is 1.84 bits per heavy atom. The topological polar surface area (TPSA) is 81.2 Å². The van der Waals surface area contributed by atoms with Crippen LogP contribution in [-0.2, 0) is 17.8 Å². The maximum absolute atomic E-state index is 12.3. The predicted octanol–water partition coefficient (Wildman–Crippen LogP) is 4.54. The van der Waals surface area contributed by atoms with Gasteiger partial charge in [-0.25, -0.2) is 0 Å². The molecular weight excluding hydrogens is 424 g/mol. The van der Waals surface area contributed by atoms with Gasteiger partial charge in [0.1, 0.15) is 11.5 Å². The number of unbranched alkanes of at least 4 members (excludes halogenated alkanes) is 1. The molecule has 170 valence electrons. The van der Waals surface area contributed by atoms with E-state index < -0.39 is 0 Å². The van der Waals surface area contributed by atoms with Crippen LogP contribution < -0.4 is 14.8 Å². The van der Waals surface area contributed by atoms with Crippen molar-refractivity contribution in [2.75, 3.05) is 20.3 Å². The number of carbonyl (C=O) groups is 1. The Hall–Kier alpha value is -3.13. The molecule has 0 unspecified atom stereocenters. The van der Waals surface area contributed by atoms with E-state index in [0.717, 1.165) is 48.5 Å². The van der Waals surface area contributed by atoms with Crippen molar-refractivity contribution >= 4 is 18.1 Å². The molecule has 1 amide bonds. The summed E-state index contributed by atoms with van der Waals surface area (Å²) in [4.78, 5) is 12.3. The molecule has 7 nitrogen and oxygen atoms in total. The largest absolute Gasteiger partial charge is 0.497 e. The van der Waals surface area contributed by atoms with Crippen molar-refractivity contribution in [3.05, 3.63) is 58.9 Å². The van der Waals surface area contributed by atoms with E-state index in [1.54, 1.807) is 7.11 Å². The highest BCUT2D eigenvalue weighted by molar-refractivity contribution is 7.71. The van der Waals surface area contributed by atoms with Crippen LogP contribution in [0.4, 0.5) is 0 Å². The van der Waals surface area contributed by atoms with E-state index >= 15 is 0 Å². The molecule has 0 aliphatic rings. The van der Waals surface area contributed by atoms with Crippen LogP contribution in [0, 0.1) is 4.77 Å². The first kappa shape index (κ1) is 23.5. The molecule has 0 radical (unpaired) electrons. The Balaban J connectivity index is 1.46. The van der Waals surface area contributed by atoms with Gasteiger partial charge >= 0.3 is 0 Å². The Morgan fingerprint density at radius 3 is 2.53 bits per heavy atom. The zero-order chi connectivity index (χ0) is 22.8. The number of aromatic amines is 1. The molecule has 3 aromatic rings. The maximum Gasteiger partial charge on any atom is 0.221 e. The van der Waals surface area contributed by atoms with E-state index in [1.165, 1.54) is 0 Å². The van der Waals surface area contributed by atoms with E-state index in [9.17, 15) is 4.79 Å². The van der Waals surface area contributed by atoms with Gasteiger partial charge < -0.3 is 14.8 Å². The fourth-order valence-electron chi connectivity index (χ4n) is 3.22. The van der Waals surface area contributed by atoms with Crippen molar-refractivity contribution < 1.29 is 14.3 Å². The van der Waals surface area contributed by atoms with Gasteiger partial charge in [0.15, 0.2) is 10.6 Å². The lowest BCUT2D eigenvalue weighted by Crippen LogP contribution is -2.26. The first-order valence-corrected chi connectivity index (χ1v) is 11.3. The number of carbonyl (C=O) groups excluding carboxylic acids is 1. The van der Waals surface area contributed by atoms with E-state index in [4.69, 9.17) is 21.7 Å². The van der Waals surface area contributed by atoms with Gasteiger partial charge in [0.25, 0.3) is 0 Å². The number of benzene rings is 2. The van der Waals surface area contributed by atoms with Crippen LogP contribution in [0.5, 0.6) is 11.5 Å². The molecule has 8 heteroatoms. The summed E-state index contributed by atoms with van der Waals surface area (Å²) in [5, 5.41) is 10.1. The molecule has 3 rings (SSSR count). The minimum Gasteiger partial charge on any atom is -0.497 e. The Labute approximate surface area is 193 Å². The highest BCUT2D eigenvalue weighted by atomic mass is 32.1. The normalized spacial score (nSPS) is 10.7. The van der Waals surface area contributed by atoms with Gasteiger partial charge in [-0.2, -0.15) is 5.10 Å². The maximum atomic E-state index is 12.3. The lowest BCUT2D eigenvalue weighted by Gasteiger charge is -2.09. The lowest BCUT2D eigenvalue weighted by molar-refractivity contribution is -0.121. The predicted molar refractivity (Wildman–Crippen MR) is 128 cm³/mol. The number of aromatic nitrogens is 3. The summed E-state index contributed by atoms with van der Waals surface area (Å²) in [6.07, 6.45) is 3.26. The van der Waals surface area contributed by atoms with Gasteiger partial charge in [0.2, 0.25) is 5.91 Å². The van der Waals surface area contributed by atoms with Gasteiger partial charge in [-0.1, -0.05) is 25.5 Å². The van der Waals surface area contributed by atoms with Crippen LogP contribution in [0.25, 0.3) is 11.4 Å². The fraction of sp³-hybridized carbons (Fsp3) is 0.375. The third-order valence-electron chi connectivity index (χ3n) is 5.09. The summed E-state index contributed by atoms with van der Waals surface area (Å²) in [6, 6.07) is 15.6. The zero-order valence-electron chi connectivity index (χ0n) is 18.6. The quantitative estimate of drug-likeness (QED) is 0.310. The summed E-state index contributed by atoms with van der Waals surface area (Å²) < 4.78 is 13.2. The molecule has 0 atom stereocenters. The average Bonchev–Trinajstić information content (AvgIpc) is 3.19. The first-order valence-electron chi connectivity index (χ1n) is 10.9.